The highest BCUT2D eigenvalue weighted by Gasteiger charge is 2.44. The van der Waals surface area contributed by atoms with E-state index in [1.165, 1.54) is 11.8 Å². The zero-order valence-corrected chi connectivity index (χ0v) is 15.4. The first-order valence-electron chi connectivity index (χ1n) is 8.42. The number of hydrogen-bond acceptors (Lipinski definition) is 6. The van der Waals surface area contributed by atoms with Crippen molar-refractivity contribution in [3.8, 4) is 5.69 Å². The lowest BCUT2D eigenvalue weighted by molar-refractivity contribution is -0.143. The molecule has 1 aliphatic rings. The summed E-state index contributed by atoms with van der Waals surface area (Å²) in [5.74, 6) is -0.509. The molecule has 1 unspecified atom stereocenters. The first-order valence-corrected chi connectivity index (χ1v) is 9.57. The molecule has 1 atom stereocenters. The molecule has 1 fully saturated rings. The molecule has 0 spiro atoms. The number of nitrogens with one attached hydrogen (secondary N) is 1. The van der Waals surface area contributed by atoms with Gasteiger partial charge in [-0.1, -0.05) is 11.3 Å². The van der Waals surface area contributed by atoms with Gasteiger partial charge in [-0.15, -0.1) is 5.10 Å². The summed E-state index contributed by atoms with van der Waals surface area (Å²) >= 11 is 1.51. The van der Waals surface area contributed by atoms with Gasteiger partial charge in [-0.2, -0.15) is 11.8 Å². The predicted molar refractivity (Wildman–Crippen MR) is 101 cm³/mol. The fraction of sp³-hybridized carbons (Fsp3) is 0.278. The van der Waals surface area contributed by atoms with Crippen molar-refractivity contribution in [2.75, 3.05) is 11.5 Å². The number of rotatable bonds is 4. The van der Waals surface area contributed by atoms with Gasteiger partial charge < -0.3 is 10.4 Å². The number of hydrogen-bond donors (Lipinski definition) is 2. The first kappa shape index (κ1) is 17.5. The second-order valence-corrected chi connectivity index (χ2v) is 7.53. The number of amides is 1. The van der Waals surface area contributed by atoms with Crippen molar-refractivity contribution in [1.29, 1.82) is 0 Å². The molecule has 2 N–H and O–H groups in total. The molecular weight excluding hydrogens is 366 g/mol. The summed E-state index contributed by atoms with van der Waals surface area (Å²) in [7, 11) is 0. The molecule has 1 aromatic carbocycles. The molecule has 2 aromatic heterocycles. The molecule has 27 heavy (non-hydrogen) atoms. The van der Waals surface area contributed by atoms with E-state index >= 15 is 0 Å². The van der Waals surface area contributed by atoms with E-state index in [1.807, 2.05) is 30.3 Å². The maximum atomic E-state index is 12.7. The van der Waals surface area contributed by atoms with Crippen LogP contribution in [0.5, 0.6) is 0 Å². The second-order valence-electron chi connectivity index (χ2n) is 6.43. The summed E-state index contributed by atoms with van der Waals surface area (Å²) in [5, 5.41) is 21.2. The van der Waals surface area contributed by atoms with Crippen molar-refractivity contribution >= 4 is 34.5 Å². The van der Waals surface area contributed by atoms with Crippen molar-refractivity contribution in [3.63, 3.8) is 0 Å². The monoisotopic (exact) mass is 383 g/mol. The molecule has 4 rings (SSSR count). The Bertz CT molecular complexity index is 1040. The van der Waals surface area contributed by atoms with Gasteiger partial charge in [-0.05, 0) is 43.4 Å². The Balaban J connectivity index is 1.70. The molecule has 9 heteroatoms. The van der Waals surface area contributed by atoms with Crippen LogP contribution >= 0.6 is 11.8 Å². The maximum Gasteiger partial charge on any atom is 0.330 e. The summed E-state index contributed by atoms with van der Waals surface area (Å²) < 4.78 is 1.58. The Labute approximate surface area is 159 Å². The molecule has 1 amide bonds. The Kier molecular flexibility index (Phi) is 4.31. The van der Waals surface area contributed by atoms with Crippen LogP contribution in [0.25, 0.3) is 16.6 Å². The van der Waals surface area contributed by atoms with Gasteiger partial charge in [-0.25, -0.2) is 9.48 Å². The van der Waals surface area contributed by atoms with E-state index < -0.39 is 17.4 Å². The Hall–Kier alpha value is -2.94. The Morgan fingerprint density at radius 1 is 1.30 bits per heavy atom. The smallest absolute Gasteiger partial charge is 0.330 e. The van der Waals surface area contributed by atoms with E-state index in [9.17, 15) is 14.7 Å². The van der Waals surface area contributed by atoms with Gasteiger partial charge in [-0.3, -0.25) is 9.78 Å². The summed E-state index contributed by atoms with van der Waals surface area (Å²) in [5.41, 5.74) is 0.975. The molecule has 3 aromatic rings. The summed E-state index contributed by atoms with van der Waals surface area (Å²) in [6.07, 6.45) is 2.10. The van der Waals surface area contributed by atoms with Gasteiger partial charge in [0.1, 0.15) is 5.54 Å². The van der Waals surface area contributed by atoms with E-state index in [0.717, 1.165) is 16.6 Å². The van der Waals surface area contributed by atoms with Gasteiger partial charge in [0.2, 0.25) is 0 Å². The van der Waals surface area contributed by atoms with Crippen LogP contribution < -0.4 is 5.32 Å². The molecule has 3 heterocycles. The highest BCUT2D eigenvalue weighted by molar-refractivity contribution is 7.99. The van der Waals surface area contributed by atoms with Gasteiger partial charge >= 0.3 is 5.97 Å². The number of nitrogens with zero attached hydrogens (tertiary/aromatic N) is 4. The standard InChI is InChI=1S/C18H17N5O3S/c1-11-15(16(24)20-18(17(25)26)7-9-27-10-18)21-22-23(11)14-6-2-5-13-12(14)4-3-8-19-13/h2-6,8H,7,9-10H2,1H3,(H,20,24)(H,25,26). The van der Waals surface area contributed by atoms with Crippen LogP contribution in [0.2, 0.25) is 0 Å². The van der Waals surface area contributed by atoms with Gasteiger partial charge in [0, 0.05) is 17.3 Å². The van der Waals surface area contributed by atoms with Crippen molar-refractivity contribution in [2.45, 2.75) is 18.9 Å². The number of carbonyl (C=O) groups is 2. The van der Waals surface area contributed by atoms with E-state index in [2.05, 4.69) is 20.6 Å². The number of carbonyl (C=O) groups excluding carboxylic acids is 1. The number of aromatic nitrogens is 4. The predicted octanol–water partition coefficient (Wildman–Crippen LogP) is 1.81. The van der Waals surface area contributed by atoms with Crippen LogP contribution in [-0.2, 0) is 4.79 Å². The van der Waals surface area contributed by atoms with Crippen LogP contribution in [0.3, 0.4) is 0 Å². The van der Waals surface area contributed by atoms with Crippen molar-refractivity contribution in [3.05, 3.63) is 47.9 Å². The highest BCUT2D eigenvalue weighted by Crippen LogP contribution is 2.29. The normalized spacial score (nSPS) is 19.3. The molecule has 138 valence electrons. The number of aliphatic carboxylic acids is 1. The zero-order chi connectivity index (χ0) is 19.0. The third-order valence-electron chi connectivity index (χ3n) is 4.74. The molecule has 0 bridgehead atoms. The summed E-state index contributed by atoms with van der Waals surface area (Å²) in [6.45, 7) is 1.74. The molecule has 8 nitrogen and oxygen atoms in total. The number of pyridine rings is 1. The summed E-state index contributed by atoms with van der Waals surface area (Å²) in [6, 6.07) is 9.39. The molecular formula is C18H17N5O3S. The fourth-order valence-corrected chi connectivity index (χ4v) is 4.53. The zero-order valence-electron chi connectivity index (χ0n) is 14.5. The third kappa shape index (κ3) is 2.93. The van der Waals surface area contributed by atoms with E-state index in [1.54, 1.807) is 17.8 Å². The van der Waals surface area contributed by atoms with Gasteiger partial charge in [0.15, 0.2) is 5.69 Å². The van der Waals surface area contributed by atoms with E-state index in [0.29, 0.717) is 23.6 Å². The van der Waals surface area contributed by atoms with Gasteiger partial charge in [0.25, 0.3) is 5.91 Å². The number of thioether (sulfide) groups is 1. The van der Waals surface area contributed by atoms with Crippen molar-refractivity contribution in [2.24, 2.45) is 0 Å². The molecule has 0 aliphatic carbocycles. The quantitative estimate of drug-likeness (QED) is 0.707. The molecule has 1 saturated heterocycles. The summed E-state index contributed by atoms with van der Waals surface area (Å²) in [4.78, 5) is 28.7. The largest absolute Gasteiger partial charge is 0.479 e. The molecule has 0 radical (unpaired) electrons. The fourth-order valence-electron chi connectivity index (χ4n) is 3.20. The number of fused-ring (bicyclic) bond motifs is 1. The topological polar surface area (TPSA) is 110 Å². The van der Waals surface area contributed by atoms with Crippen LogP contribution in [0.15, 0.2) is 36.5 Å². The SMILES string of the molecule is Cc1c(C(=O)NC2(C(=O)O)CCSC2)nnn1-c1cccc2ncccc12. The minimum absolute atomic E-state index is 0.119. The average molecular weight is 383 g/mol. The van der Waals surface area contributed by atoms with Crippen LogP contribution in [0, 0.1) is 6.92 Å². The first-order chi connectivity index (χ1) is 13.0. The lowest BCUT2D eigenvalue weighted by atomic mass is 9.99. The average Bonchev–Trinajstić information content (AvgIpc) is 3.29. The minimum atomic E-state index is -1.25. The lowest BCUT2D eigenvalue weighted by Gasteiger charge is -2.24. The Morgan fingerprint density at radius 2 is 2.15 bits per heavy atom. The Morgan fingerprint density at radius 3 is 2.89 bits per heavy atom. The lowest BCUT2D eigenvalue weighted by Crippen LogP contribution is -2.55. The number of carboxylic acid groups (broad SMARTS) is 1. The van der Waals surface area contributed by atoms with Crippen LogP contribution in [0.1, 0.15) is 22.6 Å². The van der Waals surface area contributed by atoms with E-state index in [4.69, 9.17) is 0 Å². The minimum Gasteiger partial charge on any atom is -0.479 e. The highest BCUT2D eigenvalue weighted by atomic mass is 32.2. The third-order valence-corrected chi connectivity index (χ3v) is 5.93. The molecule has 0 saturated carbocycles. The van der Waals surface area contributed by atoms with Crippen LogP contribution in [0.4, 0.5) is 0 Å². The van der Waals surface area contributed by atoms with E-state index in [-0.39, 0.29) is 5.69 Å². The second kappa shape index (κ2) is 6.66. The van der Waals surface area contributed by atoms with Crippen molar-refractivity contribution < 1.29 is 14.7 Å². The van der Waals surface area contributed by atoms with Crippen molar-refractivity contribution in [1.82, 2.24) is 25.3 Å². The number of carboxylic acids is 1. The van der Waals surface area contributed by atoms with Crippen LogP contribution in [-0.4, -0.2) is 54.0 Å². The molecule has 1 aliphatic heterocycles. The maximum absolute atomic E-state index is 12.7. The number of benzene rings is 1. The van der Waals surface area contributed by atoms with Gasteiger partial charge in [0.05, 0.1) is 16.9 Å².